The highest BCUT2D eigenvalue weighted by Gasteiger charge is 2.14. The molecule has 0 spiro atoms. The Balaban J connectivity index is 2.35. The minimum Gasteiger partial charge on any atom is -0.506 e. The third-order valence-electron chi connectivity index (χ3n) is 2.84. The van der Waals surface area contributed by atoms with Gasteiger partial charge in [0.2, 0.25) is 0 Å². The molecule has 0 fully saturated rings. The number of nitrogens with zero attached hydrogens (tertiary/aromatic N) is 1. The fourth-order valence-electron chi connectivity index (χ4n) is 1.75. The van der Waals surface area contributed by atoms with Crippen LogP contribution in [0.4, 0.5) is 10.1 Å². The number of phenolic OH excluding ortho intramolecular Hbond substituents is 1. The number of phenols is 1. The molecule has 0 aliphatic heterocycles. The maximum absolute atomic E-state index is 13.5. The second kappa shape index (κ2) is 7.40. The Kier molecular flexibility index (Phi) is 5.53. The van der Waals surface area contributed by atoms with Crippen LogP contribution in [0.15, 0.2) is 50.9 Å². The number of amides is 1. The standard InChI is InChI=1S/C16H9Br2FN2O2/c17-11-6-9(15(22)12(18)7-11)5-10(8-20)16(23)21-14-4-2-1-3-13(14)19/h1-7,22H,(H,21,23)/b10-5+. The Labute approximate surface area is 148 Å². The first-order chi connectivity index (χ1) is 10.9. The van der Waals surface area contributed by atoms with Crippen molar-refractivity contribution in [3.8, 4) is 11.8 Å². The molecule has 0 atom stereocenters. The van der Waals surface area contributed by atoms with Crippen LogP contribution >= 0.6 is 31.9 Å². The number of halogens is 3. The fraction of sp³-hybridized carbons (Fsp3) is 0. The summed E-state index contributed by atoms with van der Waals surface area (Å²) in [6, 6.07) is 10.5. The molecule has 2 N–H and O–H groups in total. The summed E-state index contributed by atoms with van der Waals surface area (Å²) in [6.45, 7) is 0. The number of hydrogen-bond donors (Lipinski definition) is 2. The van der Waals surface area contributed by atoms with Gasteiger partial charge in [-0.3, -0.25) is 4.79 Å². The topological polar surface area (TPSA) is 73.1 Å². The molecule has 0 bridgehead atoms. The molecule has 2 aromatic rings. The van der Waals surface area contributed by atoms with E-state index in [1.807, 2.05) is 0 Å². The monoisotopic (exact) mass is 438 g/mol. The van der Waals surface area contributed by atoms with Crippen molar-refractivity contribution in [2.75, 3.05) is 5.32 Å². The lowest BCUT2D eigenvalue weighted by atomic mass is 10.1. The van der Waals surface area contributed by atoms with E-state index < -0.39 is 11.7 Å². The van der Waals surface area contributed by atoms with Gasteiger partial charge in [-0.25, -0.2) is 4.39 Å². The first kappa shape index (κ1) is 17.2. The van der Waals surface area contributed by atoms with Crippen LogP contribution in [-0.4, -0.2) is 11.0 Å². The van der Waals surface area contributed by atoms with Crippen molar-refractivity contribution in [1.82, 2.24) is 0 Å². The van der Waals surface area contributed by atoms with Crippen molar-refractivity contribution >= 4 is 49.5 Å². The molecule has 7 heteroatoms. The van der Waals surface area contributed by atoms with Gasteiger partial charge in [0.1, 0.15) is 23.2 Å². The average Bonchev–Trinajstić information content (AvgIpc) is 2.51. The summed E-state index contributed by atoms with van der Waals surface area (Å²) in [7, 11) is 0. The zero-order valence-corrected chi connectivity index (χ0v) is 14.7. The largest absolute Gasteiger partial charge is 0.506 e. The Morgan fingerprint density at radius 1 is 1.30 bits per heavy atom. The third kappa shape index (κ3) is 4.18. The zero-order valence-electron chi connectivity index (χ0n) is 11.5. The number of aromatic hydroxyl groups is 1. The number of carbonyl (C=O) groups is 1. The summed E-state index contributed by atoms with van der Waals surface area (Å²) in [4.78, 5) is 12.1. The van der Waals surface area contributed by atoms with Gasteiger partial charge >= 0.3 is 0 Å². The van der Waals surface area contributed by atoms with Gasteiger partial charge in [-0.2, -0.15) is 5.26 Å². The zero-order chi connectivity index (χ0) is 17.0. The molecule has 0 unspecified atom stereocenters. The van der Waals surface area contributed by atoms with Gasteiger partial charge in [0.05, 0.1) is 10.2 Å². The van der Waals surface area contributed by atoms with E-state index in [-0.39, 0.29) is 22.6 Å². The van der Waals surface area contributed by atoms with Crippen LogP contribution in [0, 0.1) is 17.1 Å². The third-order valence-corrected chi connectivity index (χ3v) is 3.91. The van der Waals surface area contributed by atoms with Crippen molar-refractivity contribution in [3.05, 3.63) is 62.3 Å². The molecule has 1 amide bonds. The van der Waals surface area contributed by atoms with Crippen molar-refractivity contribution in [3.63, 3.8) is 0 Å². The van der Waals surface area contributed by atoms with Crippen LogP contribution in [-0.2, 0) is 4.79 Å². The van der Waals surface area contributed by atoms with Gasteiger partial charge in [0, 0.05) is 10.0 Å². The van der Waals surface area contributed by atoms with E-state index >= 15 is 0 Å². The molecule has 0 radical (unpaired) electrons. The van der Waals surface area contributed by atoms with Crippen molar-refractivity contribution in [2.45, 2.75) is 0 Å². The van der Waals surface area contributed by atoms with Crippen molar-refractivity contribution in [2.24, 2.45) is 0 Å². The van der Waals surface area contributed by atoms with Gasteiger partial charge in [-0.1, -0.05) is 28.1 Å². The Morgan fingerprint density at radius 2 is 2.00 bits per heavy atom. The predicted molar refractivity (Wildman–Crippen MR) is 92.1 cm³/mol. The second-order valence-corrected chi connectivity index (χ2v) is 6.20. The number of nitrogens with one attached hydrogen (secondary N) is 1. The molecule has 2 aromatic carbocycles. The molecule has 0 saturated heterocycles. The van der Waals surface area contributed by atoms with Gasteiger partial charge in [0.25, 0.3) is 5.91 Å². The van der Waals surface area contributed by atoms with Crippen LogP contribution in [0.2, 0.25) is 0 Å². The maximum Gasteiger partial charge on any atom is 0.266 e. The minimum atomic E-state index is -0.770. The molecule has 116 valence electrons. The van der Waals surface area contributed by atoms with E-state index in [2.05, 4.69) is 37.2 Å². The Bertz CT molecular complexity index is 844. The minimum absolute atomic E-state index is 0.0294. The molecule has 23 heavy (non-hydrogen) atoms. The fourth-order valence-corrected chi connectivity index (χ4v) is 3.01. The predicted octanol–water partition coefficient (Wildman–Crippen LogP) is 4.60. The Hall–Kier alpha value is -2.17. The molecule has 4 nitrogen and oxygen atoms in total. The summed E-state index contributed by atoms with van der Waals surface area (Å²) in [5.41, 5.74) is -0.0293. The van der Waals surface area contributed by atoms with Crippen molar-refractivity contribution in [1.29, 1.82) is 5.26 Å². The van der Waals surface area contributed by atoms with Crippen LogP contribution in [0.25, 0.3) is 6.08 Å². The molecule has 2 rings (SSSR count). The maximum atomic E-state index is 13.5. The van der Waals surface area contributed by atoms with Gasteiger partial charge in [-0.15, -0.1) is 0 Å². The van der Waals surface area contributed by atoms with Gasteiger partial charge in [-0.05, 0) is 46.3 Å². The van der Waals surface area contributed by atoms with E-state index in [0.717, 1.165) is 0 Å². The lowest BCUT2D eigenvalue weighted by molar-refractivity contribution is -0.112. The van der Waals surface area contributed by atoms with Crippen molar-refractivity contribution < 1.29 is 14.3 Å². The molecule has 0 aromatic heterocycles. The van der Waals surface area contributed by atoms with Crippen LogP contribution in [0.1, 0.15) is 5.56 Å². The lowest BCUT2D eigenvalue weighted by Crippen LogP contribution is -2.14. The number of benzene rings is 2. The summed E-state index contributed by atoms with van der Waals surface area (Å²) in [5.74, 6) is -1.49. The first-order valence-electron chi connectivity index (χ1n) is 6.28. The number of rotatable bonds is 3. The highest BCUT2D eigenvalue weighted by molar-refractivity contribution is 9.11. The van der Waals surface area contributed by atoms with Crippen LogP contribution in [0.5, 0.6) is 5.75 Å². The molecule has 0 aliphatic carbocycles. The normalized spacial score (nSPS) is 11.0. The second-order valence-electron chi connectivity index (χ2n) is 4.43. The van der Waals surface area contributed by atoms with E-state index in [1.165, 1.54) is 24.3 Å². The molecule has 0 saturated carbocycles. The number of anilines is 1. The highest BCUT2D eigenvalue weighted by atomic mass is 79.9. The summed E-state index contributed by atoms with van der Waals surface area (Å²) >= 11 is 6.42. The number of hydrogen-bond acceptors (Lipinski definition) is 3. The quantitative estimate of drug-likeness (QED) is 0.542. The summed E-state index contributed by atoms with van der Waals surface area (Å²) < 4.78 is 14.6. The molecule has 0 heterocycles. The molecule has 0 aliphatic rings. The van der Waals surface area contributed by atoms with E-state index in [1.54, 1.807) is 24.3 Å². The summed E-state index contributed by atoms with van der Waals surface area (Å²) in [6.07, 6.45) is 1.22. The lowest BCUT2D eigenvalue weighted by Gasteiger charge is -2.07. The van der Waals surface area contributed by atoms with Gasteiger partial charge in [0.15, 0.2) is 0 Å². The Morgan fingerprint density at radius 3 is 2.65 bits per heavy atom. The molecular formula is C16H9Br2FN2O2. The number of carbonyl (C=O) groups excluding carboxylic acids is 1. The van der Waals surface area contributed by atoms with Crippen LogP contribution < -0.4 is 5.32 Å². The van der Waals surface area contributed by atoms with E-state index in [4.69, 9.17) is 5.26 Å². The van der Waals surface area contributed by atoms with Crippen LogP contribution in [0.3, 0.4) is 0 Å². The smallest absolute Gasteiger partial charge is 0.266 e. The number of nitriles is 1. The molecular weight excluding hydrogens is 431 g/mol. The van der Waals surface area contributed by atoms with Gasteiger partial charge < -0.3 is 10.4 Å². The van der Waals surface area contributed by atoms with E-state index in [0.29, 0.717) is 8.95 Å². The SMILES string of the molecule is N#C/C(=C\c1cc(Br)cc(Br)c1O)C(=O)Nc1ccccc1F. The van der Waals surface area contributed by atoms with E-state index in [9.17, 15) is 14.3 Å². The first-order valence-corrected chi connectivity index (χ1v) is 7.86. The average molecular weight is 440 g/mol. The summed E-state index contributed by atoms with van der Waals surface area (Å²) in [5, 5.41) is 21.4. The number of para-hydroxylation sites is 1. The highest BCUT2D eigenvalue weighted by Crippen LogP contribution is 2.33.